The second kappa shape index (κ2) is 8.14. The largest absolute Gasteiger partial charge is 0.461 e. The average molecular weight is 485 g/mol. The Labute approximate surface area is 199 Å². The van der Waals surface area contributed by atoms with Gasteiger partial charge >= 0.3 is 12.2 Å². The molecule has 3 aliphatic rings. The summed E-state index contributed by atoms with van der Waals surface area (Å²) in [5, 5.41) is 0. The Bertz CT molecular complexity index is 1220. The van der Waals surface area contributed by atoms with E-state index in [0.29, 0.717) is 23.4 Å². The van der Waals surface area contributed by atoms with E-state index in [1.807, 2.05) is 0 Å². The van der Waals surface area contributed by atoms with Crippen molar-refractivity contribution in [1.82, 2.24) is 9.80 Å². The van der Waals surface area contributed by atoms with E-state index >= 15 is 0 Å². The number of carbonyl (C=O) groups excluding carboxylic acids is 3. The van der Waals surface area contributed by atoms with Gasteiger partial charge in [-0.1, -0.05) is 48.5 Å². The standard InChI is InChI=1S/C25H22F3N3O4/c1-29-21(32)19(22(33)30(2)24(29)34)18(14-8-4-3-5-9-14)16-12-13-31-17-11-7-6-10-15(17)20(25(26,27)28)35-23(16)31/h3-11,18-20H,12-13H2,1-2H3. The van der Waals surface area contributed by atoms with Gasteiger partial charge in [-0.3, -0.25) is 19.4 Å². The van der Waals surface area contributed by atoms with Crippen molar-refractivity contribution >= 4 is 23.5 Å². The van der Waals surface area contributed by atoms with Gasteiger partial charge in [-0.25, -0.2) is 4.79 Å². The molecule has 3 aliphatic heterocycles. The average Bonchev–Trinajstić information content (AvgIpc) is 3.27. The molecule has 3 heterocycles. The van der Waals surface area contributed by atoms with Crippen molar-refractivity contribution < 1.29 is 32.3 Å². The summed E-state index contributed by atoms with van der Waals surface area (Å²) < 4.78 is 47.7. The van der Waals surface area contributed by atoms with E-state index in [1.54, 1.807) is 47.4 Å². The summed E-state index contributed by atoms with van der Waals surface area (Å²) in [6.45, 7) is 0.329. The summed E-state index contributed by atoms with van der Waals surface area (Å²) in [5.41, 5.74) is 1.38. The Morgan fingerprint density at radius 1 is 0.914 bits per heavy atom. The van der Waals surface area contributed by atoms with Crippen molar-refractivity contribution in [2.45, 2.75) is 24.6 Å². The maximum absolute atomic E-state index is 14.0. The highest BCUT2D eigenvalue weighted by atomic mass is 19.4. The molecule has 2 atom stereocenters. The molecule has 4 amide bonds. The van der Waals surface area contributed by atoms with Crippen molar-refractivity contribution in [1.29, 1.82) is 0 Å². The molecule has 0 saturated carbocycles. The van der Waals surface area contributed by atoms with E-state index in [-0.39, 0.29) is 17.9 Å². The number of hydrogen-bond donors (Lipinski definition) is 0. The number of anilines is 1. The number of benzene rings is 2. The first-order valence-electron chi connectivity index (χ1n) is 11.1. The third kappa shape index (κ3) is 3.55. The fourth-order valence-electron chi connectivity index (χ4n) is 5.12. The van der Waals surface area contributed by atoms with E-state index in [0.717, 1.165) is 9.80 Å². The van der Waals surface area contributed by atoms with Gasteiger partial charge in [-0.05, 0) is 18.1 Å². The fourth-order valence-corrected chi connectivity index (χ4v) is 5.12. The lowest BCUT2D eigenvalue weighted by Crippen LogP contribution is -2.58. The van der Waals surface area contributed by atoms with E-state index < -0.39 is 42.0 Å². The highest BCUT2D eigenvalue weighted by Gasteiger charge is 2.53. The molecule has 1 saturated heterocycles. The monoisotopic (exact) mass is 485 g/mol. The number of fused-ring (bicyclic) bond motifs is 3. The molecular weight excluding hydrogens is 463 g/mol. The second-order valence-electron chi connectivity index (χ2n) is 8.77. The number of carbonyl (C=O) groups is 3. The lowest BCUT2D eigenvalue weighted by molar-refractivity contribution is -0.215. The molecule has 0 bridgehead atoms. The number of hydrogen-bond acceptors (Lipinski definition) is 5. The van der Waals surface area contributed by atoms with Gasteiger partial charge < -0.3 is 9.64 Å². The number of amides is 4. The van der Waals surface area contributed by atoms with Crippen LogP contribution in [0.15, 0.2) is 66.1 Å². The summed E-state index contributed by atoms with van der Waals surface area (Å²) in [7, 11) is 2.57. The molecule has 7 nitrogen and oxygen atoms in total. The SMILES string of the molecule is CN1C(=O)C(C(C2=C3OC(C(F)(F)F)c4ccccc4N3CC2)c2ccccc2)C(=O)N(C)C1=O. The van der Waals surface area contributed by atoms with Crippen LogP contribution in [-0.4, -0.2) is 54.5 Å². The van der Waals surface area contributed by atoms with Crippen LogP contribution < -0.4 is 4.90 Å². The Balaban J connectivity index is 1.69. The van der Waals surface area contributed by atoms with Gasteiger partial charge in [-0.2, -0.15) is 13.2 Å². The molecular formula is C25H22F3N3O4. The molecule has 0 radical (unpaired) electrons. The maximum Gasteiger partial charge on any atom is 0.429 e. The van der Waals surface area contributed by atoms with Crippen LogP contribution in [0.4, 0.5) is 23.7 Å². The highest BCUT2D eigenvalue weighted by molar-refractivity contribution is 6.16. The molecule has 0 N–H and O–H groups in total. The number of para-hydroxylation sites is 1. The van der Waals surface area contributed by atoms with E-state index in [2.05, 4.69) is 0 Å². The summed E-state index contributed by atoms with van der Waals surface area (Å²) in [6.07, 6.45) is -6.57. The first-order chi connectivity index (χ1) is 16.6. The fraction of sp³-hybridized carbons (Fsp3) is 0.320. The molecule has 2 aromatic rings. The third-order valence-electron chi connectivity index (χ3n) is 6.80. The van der Waals surface area contributed by atoms with Gasteiger partial charge in [0.2, 0.25) is 17.9 Å². The van der Waals surface area contributed by atoms with Crippen LogP contribution in [0.2, 0.25) is 0 Å². The number of halogens is 3. The number of alkyl halides is 3. The number of ether oxygens (including phenoxy) is 1. The molecule has 35 heavy (non-hydrogen) atoms. The first kappa shape index (κ1) is 22.9. The Morgan fingerprint density at radius 3 is 2.14 bits per heavy atom. The predicted octanol–water partition coefficient (Wildman–Crippen LogP) is 4.19. The minimum absolute atomic E-state index is 0.00249. The summed E-state index contributed by atoms with van der Waals surface area (Å²) in [5.74, 6) is -3.64. The van der Waals surface area contributed by atoms with Gasteiger partial charge in [-0.15, -0.1) is 0 Å². The van der Waals surface area contributed by atoms with Crippen molar-refractivity contribution in [3.05, 3.63) is 77.2 Å². The van der Waals surface area contributed by atoms with Gasteiger partial charge in [0.15, 0.2) is 5.88 Å². The van der Waals surface area contributed by atoms with Crippen molar-refractivity contribution in [2.24, 2.45) is 5.92 Å². The van der Waals surface area contributed by atoms with Crippen LogP contribution in [0.1, 0.15) is 29.6 Å². The minimum Gasteiger partial charge on any atom is -0.461 e. The van der Waals surface area contributed by atoms with E-state index in [1.165, 1.54) is 26.2 Å². The lowest BCUT2D eigenvalue weighted by Gasteiger charge is -2.39. The zero-order valence-electron chi connectivity index (χ0n) is 19.0. The minimum atomic E-state index is -4.67. The van der Waals surface area contributed by atoms with Gasteiger partial charge in [0.25, 0.3) is 0 Å². The summed E-state index contributed by atoms with van der Waals surface area (Å²) in [6, 6.07) is 14.1. The molecule has 1 fully saturated rings. The zero-order valence-corrected chi connectivity index (χ0v) is 19.0. The Kier molecular flexibility index (Phi) is 5.34. The molecule has 0 spiro atoms. The van der Waals surface area contributed by atoms with Crippen LogP contribution >= 0.6 is 0 Å². The number of rotatable bonds is 3. The van der Waals surface area contributed by atoms with E-state index in [9.17, 15) is 27.6 Å². The van der Waals surface area contributed by atoms with Crippen molar-refractivity contribution in [3.63, 3.8) is 0 Å². The van der Waals surface area contributed by atoms with Crippen molar-refractivity contribution in [2.75, 3.05) is 25.5 Å². The van der Waals surface area contributed by atoms with E-state index in [4.69, 9.17) is 4.74 Å². The normalized spacial score (nSPS) is 21.8. The van der Waals surface area contributed by atoms with Crippen molar-refractivity contribution in [3.8, 4) is 0 Å². The molecule has 182 valence electrons. The molecule has 0 aliphatic carbocycles. The summed E-state index contributed by atoms with van der Waals surface area (Å²) in [4.78, 5) is 42.2. The quantitative estimate of drug-likeness (QED) is 0.610. The van der Waals surface area contributed by atoms with Gasteiger partial charge in [0.1, 0.15) is 5.92 Å². The smallest absolute Gasteiger partial charge is 0.429 e. The molecule has 2 aromatic carbocycles. The Morgan fingerprint density at radius 2 is 1.51 bits per heavy atom. The molecule has 2 unspecified atom stereocenters. The van der Waals surface area contributed by atoms with Crippen LogP contribution in [0.3, 0.4) is 0 Å². The molecule has 10 heteroatoms. The number of imide groups is 2. The van der Waals surface area contributed by atoms with Gasteiger partial charge in [0, 0.05) is 37.7 Å². The summed E-state index contributed by atoms with van der Waals surface area (Å²) >= 11 is 0. The number of urea groups is 1. The molecule has 5 rings (SSSR count). The number of barbiturate groups is 1. The number of nitrogens with zero attached hydrogens (tertiary/aromatic N) is 3. The first-order valence-corrected chi connectivity index (χ1v) is 11.1. The lowest BCUT2D eigenvalue weighted by atomic mass is 9.77. The van der Waals surface area contributed by atoms with Gasteiger partial charge in [0.05, 0.1) is 5.69 Å². The Hall–Kier alpha value is -3.82. The van der Waals surface area contributed by atoms with Crippen LogP contribution in [0.25, 0.3) is 0 Å². The van der Waals surface area contributed by atoms with Crippen LogP contribution in [0, 0.1) is 5.92 Å². The second-order valence-corrected chi connectivity index (χ2v) is 8.77. The zero-order chi connectivity index (χ0) is 25.1. The topological polar surface area (TPSA) is 70.2 Å². The third-order valence-corrected chi connectivity index (χ3v) is 6.80. The predicted molar refractivity (Wildman–Crippen MR) is 119 cm³/mol. The highest BCUT2D eigenvalue weighted by Crippen LogP contribution is 2.52. The van der Waals surface area contributed by atoms with Crippen LogP contribution in [-0.2, 0) is 14.3 Å². The molecule has 0 aromatic heterocycles. The maximum atomic E-state index is 14.0. The van der Waals surface area contributed by atoms with Crippen LogP contribution in [0.5, 0.6) is 0 Å².